The third-order valence-corrected chi connectivity index (χ3v) is 3.55. The van der Waals surface area contributed by atoms with E-state index in [-0.39, 0.29) is 17.4 Å². The van der Waals surface area contributed by atoms with Crippen LogP contribution in [-0.2, 0) is 0 Å². The van der Waals surface area contributed by atoms with Gasteiger partial charge in [-0.2, -0.15) is 0 Å². The molecule has 3 nitrogen and oxygen atoms in total. The van der Waals surface area contributed by atoms with E-state index in [1.165, 1.54) is 0 Å². The van der Waals surface area contributed by atoms with E-state index < -0.39 is 0 Å². The minimum absolute atomic E-state index is 0.0393. The van der Waals surface area contributed by atoms with Crippen LogP contribution in [0.3, 0.4) is 0 Å². The Labute approximate surface area is 133 Å². The molecule has 2 aromatic rings. The van der Waals surface area contributed by atoms with Gasteiger partial charge in [0, 0.05) is 0 Å². The SMILES string of the molecule is CC(C)(C)CC(NC(=O)c1ccc(Br)o1)c1ccccc1. The fraction of sp³-hybridized carbons (Fsp3) is 0.353. The van der Waals surface area contributed by atoms with Gasteiger partial charge in [-0.25, -0.2) is 0 Å². The van der Waals surface area contributed by atoms with Crippen LogP contribution < -0.4 is 5.32 Å². The van der Waals surface area contributed by atoms with Crippen molar-refractivity contribution in [2.75, 3.05) is 0 Å². The summed E-state index contributed by atoms with van der Waals surface area (Å²) in [6.07, 6.45) is 0.852. The summed E-state index contributed by atoms with van der Waals surface area (Å²) in [6, 6.07) is 13.4. The van der Waals surface area contributed by atoms with Crippen LogP contribution in [-0.4, -0.2) is 5.91 Å². The van der Waals surface area contributed by atoms with Crippen molar-refractivity contribution in [2.45, 2.75) is 33.2 Å². The molecule has 0 bridgehead atoms. The first-order chi connectivity index (χ1) is 9.85. The summed E-state index contributed by atoms with van der Waals surface area (Å²) in [5.74, 6) is 0.121. The van der Waals surface area contributed by atoms with Gasteiger partial charge in [0.05, 0.1) is 6.04 Å². The van der Waals surface area contributed by atoms with Crippen LogP contribution in [0.4, 0.5) is 0 Å². The van der Waals surface area contributed by atoms with E-state index in [1.807, 2.05) is 30.3 Å². The lowest BCUT2D eigenvalue weighted by molar-refractivity contribution is 0.0897. The van der Waals surface area contributed by atoms with Crippen LogP contribution in [0, 0.1) is 5.41 Å². The number of benzene rings is 1. The van der Waals surface area contributed by atoms with Crippen LogP contribution in [0.1, 0.15) is 49.4 Å². The molecule has 0 aliphatic rings. The van der Waals surface area contributed by atoms with Crippen LogP contribution >= 0.6 is 15.9 Å². The molecule has 1 N–H and O–H groups in total. The van der Waals surface area contributed by atoms with Crippen molar-refractivity contribution < 1.29 is 9.21 Å². The Morgan fingerprint density at radius 3 is 2.38 bits per heavy atom. The van der Waals surface area contributed by atoms with Gasteiger partial charge < -0.3 is 9.73 Å². The number of halogens is 1. The second-order valence-electron chi connectivity index (χ2n) is 6.31. The van der Waals surface area contributed by atoms with Crippen LogP contribution in [0.2, 0.25) is 0 Å². The van der Waals surface area contributed by atoms with Crippen molar-refractivity contribution in [3.05, 3.63) is 58.5 Å². The van der Waals surface area contributed by atoms with Crippen molar-refractivity contribution in [1.29, 1.82) is 0 Å². The maximum absolute atomic E-state index is 12.3. The molecule has 0 fully saturated rings. The first-order valence-corrected chi connectivity index (χ1v) is 7.75. The number of amides is 1. The Bertz CT molecular complexity index is 599. The van der Waals surface area contributed by atoms with Gasteiger partial charge in [0.1, 0.15) is 0 Å². The first-order valence-electron chi connectivity index (χ1n) is 6.96. The number of hydrogen-bond donors (Lipinski definition) is 1. The fourth-order valence-electron chi connectivity index (χ4n) is 2.22. The van der Waals surface area contributed by atoms with E-state index in [2.05, 4.69) is 42.0 Å². The molecule has 1 amide bonds. The zero-order valence-electron chi connectivity index (χ0n) is 12.5. The van der Waals surface area contributed by atoms with Crippen molar-refractivity contribution in [1.82, 2.24) is 5.32 Å². The molecule has 1 aromatic carbocycles. The van der Waals surface area contributed by atoms with Crippen molar-refractivity contribution in [3.63, 3.8) is 0 Å². The first kappa shape index (κ1) is 15.8. The average Bonchev–Trinajstić information content (AvgIpc) is 2.84. The van der Waals surface area contributed by atoms with E-state index in [1.54, 1.807) is 12.1 Å². The van der Waals surface area contributed by atoms with Gasteiger partial charge in [-0.15, -0.1) is 0 Å². The number of hydrogen-bond acceptors (Lipinski definition) is 2. The van der Waals surface area contributed by atoms with Crippen molar-refractivity contribution >= 4 is 21.8 Å². The Morgan fingerprint density at radius 2 is 1.86 bits per heavy atom. The maximum Gasteiger partial charge on any atom is 0.287 e. The quantitative estimate of drug-likeness (QED) is 0.848. The molecule has 112 valence electrons. The molecule has 4 heteroatoms. The van der Waals surface area contributed by atoms with E-state index >= 15 is 0 Å². The second kappa shape index (κ2) is 6.48. The minimum Gasteiger partial charge on any atom is -0.444 e. The van der Waals surface area contributed by atoms with E-state index in [4.69, 9.17) is 4.42 Å². The highest BCUT2D eigenvalue weighted by Gasteiger charge is 2.23. The Kier molecular flexibility index (Phi) is 4.88. The molecule has 21 heavy (non-hydrogen) atoms. The minimum atomic E-state index is -0.196. The maximum atomic E-state index is 12.3. The monoisotopic (exact) mass is 349 g/mol. The highest BCUT2D eigenvalue weighted by Crippen LogP contribution is 2.29. The molecule has 0 aliphatic heterocycles. The zero-order chi connectivity index (χ0) is 15.5. The molecule has 0 aliphatic carbocycles. The van der Waals surface area contributed by atoms with Gasteiger partial charge in [0.25, 0.3) is 5.91 Å². The molecular formula is C17H20BrNO2. The summed E-state index contributed by atoms with van der Waals surface area (Å²) in [4.78, 5) is 12.3. The Hall–Kier alpha value is -1.55. The molecule has 0 radical (unpaired) electrons. The van der Waals surface area contributed by atoms with Crippen LogP contribution in [0.5, 0.6) is 0 Å². The van der Waals surface area contributed by atoms with E-state index in [0.29, 0.717) is 10.4 Å². The molecule has 1 atom stereocenters. The van der Waals surface area contributed by atoms with Gasteiger partial charge in [-0.1, -0.05) is 51.1 Å². The van der Waals surface area contributed by atoms with Gasteiger partial charge in [0.15, 0.2) is 10.4 Å². The molecular weight excluding hydrogens is 330 g/mol. The predicted molar refractivity (Wildman–Crippen MR) is 87.1 cm³/mol. The largest absolute Gasteiger partial charge is 0.444 e. The molecule has 0 saturated heterocycles. The van der Waals surface area contributed by atoms with Gasteiger partial charge >= 0.3 is 0 Å². The Morgan fingerprint density at radius 1 is 1.19 bits per heavy atom. The second-order valence-corrected chi connectivity index (χ2v) is 7.09. The summed E-state index contributed by atoms with van der Waals surface area (Å²) in [5.41, 5.74) is 1.21. The number of nitrogens with one attached hydrogen (secondary N) is 1. The standard InChI is InChI=1S/C17H20BrNO2/c1-17(2,3)11-13(12-7-5-4-6-8-12)19-16(20)14-9-10-15(18)21-14/h4-10,13H,11H2,1-3H3,(H,19,20). The molecule has 1 aromatic heterocycles. The summed E-state index contributed by atoms with van der Waals surface area (Å²) in [5, 5.41) is 3.07. The van der Waals surface area contributed by atoms with Gasteiger partial charge in [0.2, 0.25) is 0 Å². The summed E-state index contributed by atoms with van der Waals surface area (Å²) >= 11 is 3.21. The molecule has 1 unspecified atom stereocenters. The highest BCUT2D eigenvalue weighted by atomic mass is 79.9. The summed E-state index contributed by atoms with van der Waals surface area (Å²) in [7, 11) is 0. The molecule has 0 saturated carbocycles. The molecule has 0 spiro atoms. The van der Waals surface area contributed by atoms with E-state index in [9.17, 15) is 4.79 Å². The lowest BCUT2D eigenvalue weighted by atomic mass is 9.85. The van der Waals surface area contributed by atoms with Crippen molar-refractivity contribution in [2.24, 2.45) is 5.41 Å². The third kappa shape index (κ3) is 4.74. The van der Waals surface area contributed by atoms with E-state index in [0.717, 1.165) is 12.0 Å². The van der Waals surface area contributed by atoms with Crippen LogP contribution in [0.15, 0.2) is 51.6 Å². The lowest BCUT2D eigenvalue weighted by Crippen LogP contribution is -2.31. The number of carbonyl (C=O) groups is 1. The summed E-state index contributed by atoms with van der Waals surface area (Å²) in [6.45, 7) is 6.50. The van der Waals surface area contributed by atoms with Gasteiger partial charge in [-0.05, 0) is 45.5 Å². The zero-order valence-corrected chi connectivity index (χ0v) is 14.1. The predicted octanol–water partition coefficient (Wildman–Crippen LogP) is 4.95. The lowest BCUT2D eigenvalue weighted by Gasteiger charge is -2.27. The topological polar surface area (TPSA) is 42.2 Å². The summed E-state index contributed by atoms with van der Waals surface area (Å²) < 4.78 is 5.87. The normalized spacial score (nSPS) is 13.0. The number of furan rings is 1. The number of carbonyl (C=O) groups excluding carboxylic acids is 1. The highest BCUT2D eigenvalue weighted by molar-refractivity contribution is 9.10. The average molecular weight is 350 g/mol. The smallest absolute Gasteiger partial charge is 0.287 e. The molecule has 2 rings (SSSR count). The van der Waals surface area contributed by atoms with Crippen molar-refractivity contribution in [3.8, 4) is 0 Å². The number of rotatable bonds is 4. The Balaban J connectivity index is 2.18. The molecule has 1 heterocycles. The fourth-order valence-corrected chi connectivity index (χ4v) is 2.52. The third-order valence-electron chi connectivity index (χ3n) is 3.12. The van der Waals surface area contributed by atoms with Gasteiger partial charge in [-0.3, -0.25) is 4.79 Å². The van der Waals surface area contributed by atoms with Crippen LogP contribution in [0.25, 0.3) is 0 Å².